The Morgan fingerprint density at radius 1 is 1.25 bits per heavy atom. The van der Waals surface area contributed by atoms with Crippen LogP contribution in [0.1, 0.15) is 25.3 Å². The number of carbonyl (C=O) groups is 1. The van der Waals surface area contributed by atoms with Crippen LogP contribution in [0.15, 0.2) is 24.3 Å². The summed E-state index contributed by atoms with van der Waals surface area (Å²) < 4.78 is 16.4. The summed E-state index contributed by atoms with van der Waals surface area (Å²) in [6.45, 7) is 5.88. The highest BCUT2D eigenvalue weighted by molar-refractivity contribution is 5.97. The minimum Gasteiger partial charge on any atom is -0.379 e. The van der Waals surface area contributed by atoms with Crippen LogP contribution < -0.4 is 10.6 Å². The first-order valence-corrected chi connectivity index (χ1v) is 8.52. The number of piperidine rings is 1. The van der Waals surface area contributed by atoms with E-state index in [1.807, 2.05) is 31.2 Å². The van der Waals surface area contributed by atoms with Crippen LogP contribution in [0.3, 0.4) is 0 Å². The fourth-order valence-corrected chi connectivity index (χ4v) is 2.79. The van der Waals surface area contributed by atoms with Crippen molar-refractivity contribution in [3.63, 3.8) is 0 Å². The van der Waals surface area contributed by atoms with Gasteiger partial charge in [-0.25, -0.2) is 0 Å². The van der Waals surface area contributed by atoms with Crippen LogP contribution in [0.2, 0.25) is 0 Å². The van der Waals surface area contributed by atoms with E-state index in [1.54, 1.807) is 7.11 Å². The van der Waals surface area contributed by atoms with E-state index < -0.39 is 5.60 Å². The van der Waals surface area contributed by atoms with Gasteiger partial charge in [0.2, 0.25) is 0 Å². The predicted molar refractivity (Wildman–Crippen MR) is 93.1 cm³/mol. The van der Waals surface area contributed by atoms with E-state index in [2.05, 4.69) is 10.6 Å². The number of hydrogen-bond acceptors (Lipinski definition) is 5. The second-order valence-corrected chi connectivity index (χ2v) is 5.85. The van der Waals surface area contributed by atoms with Crippen molar-refractivity contribution in [1.29, 1.82) is 0 Å². The van der Waals surface area contributed by atoms with Gasteiger partial charge in [-0.3, -0.25) is 4.79 Å². The standard InChI is InChI=1S/C18H28N2O4/c1-3-23-11-12-24-14-15-5-4-6-16(13-15)20-17(21)18(22-2)7-9-19-10-8-18/h4-6,13,19H,3,7-12,14H2,1-2H3,(H,20,21). The number of rotatable bonds is 9. The minimum atomic E-state index is -0.741. The molecule has 0 spiro atoms. The van der Waals surface area contributed by atoms with E-state index in [9.17, 15) is 4.79 Å². The summed E-state index contributed by atoms with van der Waals surface area (Å²) >= 11 is 0. The molecule has 1 aromatic rings. The van der Waals surface area contributed by atoms with Gasteiger partial charge in [-0.2, -0.15) is 0 Å². The van der Waals surface area contributed by atoms with Gasteiger partial charge in [0.25, 0.3) is 5.91 Å². The van der Waals surface area contributed by atoms with Crippen LogP contribution in [0, 0.1) is 0 Å². The molecule has 0 bridgehead atoms. The van der Waals surface area contributed by atoms with Gasteiger partial charge in [0, 0.05) is 19.4 Å². The Morgan fingerprint density at radius 2 is 2.00 bits per heavy atom. The lowest BCUT2D eigenvalue weighted by Crippen LogP contribution is -2.51. The molecule has 0 radical (unpaired) electrons. The average molecular weight is 336 g/mol. The zero-order valence-corrected chi connectivity index (χ0v) is 14.6. The fourth-order valence-electron chi connectivity index (χ4n) is 2.79. The Bertz CT molecular complexity index is 515. The van der Waals surface area contributed by atoms with E-state index >= 15 is 0 Å². The third kappa shape index (κ3) is 5.27. The van der Waals surface area contributed by atoms with E-state index in [0.717, 1.165) is 24.3 Å². The molecule has 0 aromatic heterocycles. The number of hydrogen-bond donors (Lipinski definition) is 2. The Labute approximate surface area is 143 Å². The Balaban J connectivity index is 1.89. The van der Waals surface area contributed by atoms with Crippen LogP contribution in [0.4, 0.5) is 5.69 Å². The van der Waals surface area contributed by atoms with Crippen molar-refractivity contribution in [2.45, 2.75) is 32.0 Å². The summed E-state index contributed by atoms with van der Waals surface area (Å²) in [5, 5.41) is 6.24. The lowest BCUT2D eigenvalue weighted by atomic mass is 9.91. The highest BCUT2D eigenvalue weighted by Gasteiger charge is 2.39. The van der Waals surface area contributed by atoms with Crippen molar-refractivity contribution in [3.8, 4) is 0 Å². The molecule has 134 valence electrons. The largest absolute Gasteiger partial charge is 0.379 e. The lowest BCUT2D eigenvalue weighted by Gasteiger charge is -2.34. The lowest BCUT2D eigenvalue weighted by molar-refractivity contribution is -0.140. The molecule has 0 unspecified atom stereocenters. The van der Waals surface area contributed by atoms with Crippen LogP contribution in [0.5, 0.6) is 0 Å². The van der Waals surface area contributed by atoms with Crippen molar-refractivity contribution >= 4 is 11.6 Å². The molecule has 1 saturated heterocycles. The molecule has 0 atom stereocenters. The number of methoxy groups -OCH3 is 1. The number of carbonyl (C=O) groups excluding carboxylic acids is 1. The second-order valence-electron chi connectivity index (χ2n) is 5.85. The first kappa shape index (κ1) is 18.9. The topological polar surface area (TPSA) is 68.8 Å². The van der Waals surface area contributed by atoms with Gasteiger partial charge in [-0.1, -0.05) is 12.1 Å². The maximum atomic E-state index is 12.7. The van der Waals surface area contributed by atoms with Crippen LogP contribution >= 0.6 is 0 Å². The third-order valence-corrected chi connectivity index (χ3v) is 4.25. The van der Waals surface area contributed by atoms with Crippen LogP contribution in [-0.2, 0) is 25.6 Å². The molecule has 1 aliphatic heterocycles. The summed E-state index contributed by atoms with van der Waals surface area (Å²) in [6, 6.07) is 7.71. The molecule has 0 saturated carbocycles. The van der Waals surface area contributed by atoms with Crippen LogP contribution in [0.25, 0.3) is 0 Å². The summed E-state index contributed by atoms with van der Waals surface area (Å²) in [7, 11) is 1.60. The fraction of sp³-hybridized carbons (Fsp3) is 0.611. The predicted octanol–water partition coefficient (Wildman–Crippen LogP) is 1.95. The van der Waals surface area contributed by atoms with Gasteiger partial charge >= 0.3 is 0 Å². The van der Waals surface area contributed by atoms with Gasteiger partial charge in [-0.15, -0.1) is 0 Å². The summed E-state index contributed by atoms with van der Waals surface area (Å²) in [6.07, 6.45) is 1.35. The molecule has 0 aliphatic carbocycles. The highest BCUT2D eigenvalue weighted by atomic mass is 16.5. The second kappa shape index (κ2) is 9.74. The summed E-state index contributed by atoms with van der Waals surface area (Å²) in [4.78, 5) is 12.7. The molecule has 2 rings (SSSR count). The molecule has 6 heteroatoms. The smallest absolute Gasteiger partial charge is 0.256 e. The van der Waals surface area contributed by atoms with E-state index in [0.29, 0.717) is 39.3 Å². The number of amides is 1. The molecular formula is C18H28N2O4. The normalized spacial score (nSPS) is 16.8. The number of anilines is 1. The first-order valence-electron chi connectivity index (χ1n) is 8.52. The summed E-state index contributed by atoms with van der Waals surface area (Å²) in [5.41, 5.74) is 1.04. The Kier molecular flexibility index (Phi) is 7.65. The molecule has 2 N–H and O–H groups in total. The quantitative estimate of drug-likeness (QED) is 0.675. The van der Waals surface area contributed by atoms with Gasteiger partial charge in [-0.05, 0) is 50.6 Å². The number of ether oxygens (including phenoxy) is 3. The molecule has 24 heavy (non-hydrogen) atoms. The molecule has 1 aromatic carbocycles. The summed E-state index contributed by atoms with van der Waals surface area (Å²) in [5.74, 6) is -0.0825. The van der Waals surface area contributed by atoms with Gasteiger partial charge in [0.05, 0.1) is 19.8 Å². The van der Waals surface area contributed by atoms with Gasteiger partial charge in [0.1, 0.15) is 5.60 Å². The minimum absolute atomic E-state index is 0.0825. The monoisotopic (exact) mass is 336 g/mol. The first-order chi connectivity index (χ1) is 11.7. The van der Waals surface area contributed by atoms with Crippen molar-refractivity contribution in [3.05, 3.63) is 29.8 Å². The molecule has 1 amide bonds. The van der Waals surface area contributed by atoms with Gasteiger partial charge < -0.3 is 24.8 Å². The van der Waals surface area contributed by atoms with Crippen LogP contribution in [-0.4, -0.2) is 51.5 Å². The zero-order valence-electron chi connectivity index (χ0n) is 14.6. The maximum absolute atomic E-state index is 12.7. The molecule has 6 nitrogen and oxygen atoms in total. The molecule has 1 fully saturated rings. The maximum Gasteiger partial charge on any atom is 0.256 e. The SMILES string of the molecule is CCOCCOCc1cccc(NC(=O)C2(OC)CCNCC2)c1. The van der Waals surface area contributed by atoms with Crippen molar-refractivity contribution in [2.75, 3.05) is 45.3 Å². The van der Waals surface area contributed by atoms with Crippen molar-refractivity contribution in [1.82, 2.24) is 5.32 Å². The van der Waals surface area contributed by atoms with Crippen molar-refractivity contribution < 1.29 is 19.0 Å². The van der Waals surface area contributed by atoms with E-state index in [1.165, 1.54) is 0 Å². The molecular weight excluding hydrogens is 308 g/mol. The highest BCUT2D eigenvalue weighted by Crippen LogP contribution is 2.24. The zero-order chi connectivity index (χ0) is 17.3. The molecule has 1 aliphatic rings. The Hall–Kier alpha value is -1.47. The number of nitrogens with one attached hydrogen (secondary N) is 2. The average Bonchev–Trinajstić information content (AvgIpc) is 2.62. The van der Waals surface area contributed by atoms with E-state index in [-0.39, 0.29) is 5.91 Å². The van der Waals surface area contributed by atoms with E-state index in [4.69, 9.17) is 14.2 Å². The third-order valence-electron chi connectivity index (χ3n) is 4.25. The van der Waals surface area contributed by atoms with Crippen molar-refractivity contribution in [2.24, 2.45) is 0 Å². The molecule has 1 heterocycles. The number of benzene rings is 1. The Morgan fingerprint density at radius 3 is 2.71 bits per heavy atom. The van der Waals surface area contributed by atoms with Gasteiger partial charge in [0.15, 0.2) is 0 Å².